The van der Waals surface area contributed by atoms with Crippen molar-refractivity contribution < 1.29 is 28.4 Å². The number of benzene rings is 2. The predicted molar refractivity (Wildman–Crippen MR) is 110 cm³/mol. The van der Waals surface area contributed by atoms with Crippen molar-refractivity contribution in [1.29, 1.82) is 0 Å². The van der Waals surface area contributed by atoms with Gasteiger partial charge in [-0.2, -0.15) is 0 Å². The molecule has 3 heterocycles. The Hall–Kier alpha value is -2.64. The normalized spacial score (nSPS) is 21.9. The van der Waals surface area contributed by atoms with Crippen LogP contribution in [0.2, 0.25) is 0 Å². The van der Waals surface area contributed by atoms with Crippen molar-refractivity contribution in [1.82, 2.24) is 4.90 Å². The van der Waals surface area contributed by atoms with E-state index in [0.717, 1.165) is 59.2 Å². The molecule has 0 bridgehead atoms. The molecule has 7 nitrogen and oxygen atoms in total. The summed E-state index contributed by atoms with van der Waals surface area (Å²) in [4.78, 5) is 2.45. The van der Waals surface area contributed by atoms with Crippen molar-refractivity contribution in [3.8, 4) is 28.7 Å². The zero-order valence-electron chi connectivity index (χ0n) is 17.8. The topological polar surface area (TPSA) is 58.6 Å². The van der Waals surface area contributed by atoms with Crippen molar-refractivity contribution in [2.45, 2.75) is 32.1 Å². The summed E-state index contributed by atoms with van der Waals surface area (Å²) in [6.45, 7) is 4.73. The lowest BCUT2D eigenvalue weighted by Crippen LogP contribution is -2.38. The van der Waals surface area contributed by atoms with Gasteiger partial charge in [0, 0.05) is 17.7 Å². The second-order valence-corrected chi connectivity index (χ2v) is 7.64. The molecule has 0 amide bonds. The predicted octanol–water partition coefficient (Wildman–Crippen LogP) is 3.63. The van der Waals surface area contributed by atoms with Gasteiger partial charge in [-0.25, -0.2) is 0 Å². The van der Waals surface area contributed by atoms with E-state index in [0.29, 0.717) is 12.4 Å². The fraction of sp³-hybridized carbons (Fsp3) is 0.478. The third kappa shape index (κ3) is 2.72. The lowest BCUT2D eigenvalue weighted by atomic mass is 9.85. The Morgan fingerprint density at radius 2 is 1.90 bits per heavy atom. The van der Waals surface area contributed by atoms with Crippen LogP contribution in [0.1, 0.15) is 41.3 Å². The Morgan fingerprint density at radius 1 is 1.07 bits per heavy atom. The molecule has 0 spiro atoms. The monoisotopic (exact) mass is 413 g/mol. The largest absolute Gasteiger partial charge is 0.493 e. The van der Waals surface area contributed by atoms with Crippen LogP contribution in [0, 0.1) is 0 Å². The van der Waals surface area contributed by atoms with E-state index in [1.54, 1.807) is 21.3 Å². The SMILES string of the molecule is CCN1CCc2cc3c(c(OC)c2[C@@H]1[C@H]1OCc2c1ccc(OC)c2OC)OCO3. The Labute approximate surface area is 176 Å². The molecule has 0 saturated carbocycles. The number of rotatable bonds is 5. The molecule has 160 valence electrons. The van der Waals surface area contributed by atoms with Crippen LogP contribution >= 0.6 is 0 Å². The van der Waals surface area contributed by atoms with E-state index in [-0.39, 0.29) is 18.9 Å². The third-order valence-electron chi connectivity index (χ3n) is 6.40. The van der Waals surface area contributed by atoms with Gasteiger partial charge in [-0.15, -0.1) is 0 Å². The van der Waals surface area contributed by atoms with Crippen molar-refractivity contribution >= 4 is 0 Å². The van der Waals surface area contributed by atoms with Crippen LogP contribution in [0.4, 0.5) is 0 Å². The van der Waals surface area contributed by atoms with Gasteiger partial charge in [-0.3, -0.25) is 4.90 Å². The highest BCUT2D eigenvalue weighted by atomic mass is 16.7. The lowest BCUT2D eigenvalue weighted by molar-refractivity contribution is -0.0118. The summed E-state index contributed by atoms with van der Waals surface area (Å²) in [7, 11) is 5.02. The summed E-state index contributed by atoms with van der Waals surface area (Å²) in [6, 6.07) is 6.15. The number of nitrogens with zero attached hydrogens (tertiary/aromatic N) is 1. The molecule has 30 heavy (non-hydrogen) atoms. The summed E-state index contributed by atoms with van der Waals surface area (Å²) in [5.41, 5.74) is 4.53. The fourth-order valence-electron chi connectivity index (χ4n) is 5.04. The summed E-state index contributed by atoms with van der Waals surface area (Å²) < 4.78 is 34.8. The fourth-order valence-corrected chi connectivity index (χ4v) is 5.04. The lowest BCUT2D eigenvalue weighted by Gasteiger charge is -2.40. The molecule has 2 atom stereocenters. The van der Waals surface area contributed by atoms with Gasteiger partial charge in [-0.05, 0) is 36.2 Å². The van der Waals surface area contributed by atoms with Gasteiger partial charge in [0.1, 0.15) is 6.10 Å². The quantitative estimate of drug-likeness (QED) is 0.742. The smallest absolute Gasteiger partial charge is 0.231 e. The Kier molecular flexibility index (Phi) is 4.87. The van der Waals surface area contributed by atoms with E-state index >= 15 is 0 Å². The van der Waals surface area contributed by atoms with Gasteiger partial charge in [0.05, 0.1) is 34.0 Å². The Bertz CT molecular complexity index is 975. The minimum absolute atomic E-state index is 0.00236. The van der Waals surface area contributed by atoms with Gasteiger partial charge >= 0.3 is 0 Å². The highest BCUT2D eigenvalue weighted by Gasteiger charge is 2.43. The Balaban J connectivity index is 1.66. The first-order valence-electron chi connectivity index (χ1n) is 10.3. The maximum Gasteiger partial charge on any atom is 0.231 e. The molecule has 7 heteroatoms. The van der Waals surface area contributed by atoms with Crippen LogP contribution in [0.15, 0.2) is 18.2 Å². The van der Waals surface area contributed by atoms with E-state index in [1.165, 1.54) is 5.56 Å². The molecule has 0 fully saturated rings. The number of fused-ring (bicyclic) bond motifs is 3. The van der Waals surface area contributed by atoms with Crippen molar-refractivity contribution in [3.63, 3.8) is 0 Å². The summed E-state index contributed by atoms with van der Waals surface area (Å²) >= 11 is 0. The molecule has 3 aliphatic rings. The molecule has 0 radical (unpaired) electrons. The van der Waals surface area contributed by atoms with Crippen LogP contribution in [0.3, 0.4) is 0 Å². The van der Waals surface area contributed by atoms with E-state index < -0.39 is 0 Å². The van der Waals surface area contributed by atoms with Crippen LogP contribution in [-0.2, 0) is 17.8 Å². The Morgan fingerprint density at radius 3 is 2.63 bits per heavy atom. The van der Waals surface area contributed by atoms with Gasteiger partial charge < -0.3 is 28.4 Å². The molecule has 0 aromatic heterocycles. The molecule has 0 saturated heterocycles. The van der Waals surface area contributed by atoms with Gasteiger partial charge in [-0.1, -0.05) is 13.0 Å². The van der Waals surface area contributed by atoms with Gasteiger partial charge in [0.2, 0.25) is 12.5 Å². The van der Waals surface area contributed by atoms with Crippen molar-refractivity contribution in [2.75, 3.05) is 41.2 Å². The van der Waals surface area contributed by atoms with E-state index in [9.17, 15) is 0 Å². The summed E-state index contributed by atoms with van der Waals surface area (Å²) in [5, 5.41) is 0. The number of hydrogen-bond acceptors (Lipinski definition) is 7. The average molecular weight is 413 g/mol. The first-order valence-corrected chi connectivity index (χ1v) is 10.3. The highest BCUT2D eigenvalue weighted by molar-refractivity contribution is 5.63. The van der Waals surface area contributed by atoms with Crippen LogP contribution in [0.5, 0.6) is 28.7 Å². The first kappa shape index (κ1) is 19.3. The standard InChI is InChI=1S/C23H27NO6/c1-5-24-9-8-13-10-17-22(30-12-29-17)23(27-4)18(13)19(24)21-14-6-7-16(25-2)20(26-3)15(14)11-28-21/h6-7,10,19,21H,5,8-9,11-12H2,1-4H3/t19-,21+/m1/s1. The molecule has 0 N–H and O–H groups in total. The van der Waals surface area contributed by atoms with Crippen LogP contribution < -0.4 is 23.7 Å². The number of ether oxygens (including phenoxy) is 6. The van der Waals surface area contributed by atoms with E-state index in [2.05, 4.69) is 24.0 Å². The van der Waals surface area contributed by atoms with Crippen LogP contribution in [0.25, 0.3) is 0 Å². The molecule has 5 rings (SSSR count). The number of likely N-dealkylation sites (N-methyl/N-ethyl adjacent to an activating group) is 1. The third-order valence-corrected chi connectivity index (χ3v) is 6.40. The van der Waals surface area contributed by atoms with Crippen molar-refractivity contribution in [2.24, 2.45) is 0 Å². The second kappa shape index (κ2) is 7.56. The molecule has 3 aliphatic heterocycles. The van der Waals surface area contributed by atoms with Gasteiger partial charge in [0.15, 0.2) is 23.0 Å². The first-order chi connectivity index (χ1) is 14.7. The number of hydrogen-bond donors (Lipinski definition) is 0. The highest BCUT2D eigenvalue weighted by Crippen LogP contribution is 2.55. The molecule has 2 aromatic rings. The number of methoxy groups -OCH3 is 3. The van der Waals surface area contributed by atoms with Crippen molar-refractivity contribution in [3.05, 3.63) is 40.5 Å². The zero-order valence-corrected chi connectivity index (χ0v) is 17.8. The minimum atomic E-state index is -0.145. The average Bonchev–Trinajstić information content (AvgIpc) is 3.42. The van der Waals surface area contributed by atoms with Crippen LogP contribution in [-0.4, -0.2) is 46.1 Å². The molecular weight excluding hydrogens is 386 g/mol. The van der Waals surface area contributed by atoms with Gasteiger partial charge in [0.25, 0.3) is 0 Å². The molecule has 0 aliphatic carbocycles. The molecule has 2 aromatic carbocycles. The molecule has 0 unspecified atom stereocenters. The summed E-state index contributed by atoms with van der Waals surface area (Å²) in [5.74, 6) is 3.66. The zero-order chi connectivity index (χ0) is 20.8. The maximum absolute atomic E-state index is 6.41. The second-order valence-electron chi connectivity index (χ2n) is 7.64. The molecular formula is C23H27NO6. The van der Waals surface area contributed by atoms with E-state index in [1.807, 2.05) is 6.07 Å². The maximum atomic E-state index is 6.41. The van der Waals surface area contributed by atoms with E-state index in [4.69, 9.17) is 28.4 Å². The summed E-state index contributed by atoms with van der Waals surface area (Å²) in [6.07, 6.45) is 0.783. The minimum Gasteiger partial charge on any atom is -0.493 e.